The number of aliphatic hydroxyl groups is 1. The van der Waals surface area contributed by atoms with Crippen LogP contribution in [0, 0.1) is 0 Å². The summed E-state index contributed by atoms with van der Waals surface area (Å²) >= 11 is 0. The fourth-order valence-corrected chi connectivity index (χ4v) is 6.08. The number of benzene rings is 5. The molecule has 0 radical (unpaired) electrons. The van der Waals surface area contributed by atoms with E-state index in [2.05, 4.69) is 137 Å². The van der Waals surface area contributed by atoms with Gasteiger partial charge < -0.3 is 24.7 Å². The van der Waals surface area contributed by atoms with Crippen LogP contribution in [0.25, 0.3) is 21.5 Å². The second kappa shape index (κ2) is 10.4. The van der Waals surface area contributed by atoms with Crippen LogP contribution in [0.1, 0.15) is 16.7 Å². The van der Waals surface area contributed by atoms with Gasteiger partial charge in [0, 0.05) is 89.7 Å². The van der Waals surface area contributed by atoms with Crippen molar-refractivity contribution in [1.82, 2.24) is 0 Å². The van der Waals surface area contributed by atoms with Gasteiger partial charge in [0.25, 0.3) is 0 Å². The second-order valence-corrected chi connectivity index (χ2v) is 11.3. The van der Waals surface area contributed by atoms with Crippen LogP contribution in [-0.2, 0) is 5.60 Å². The Hall–Kier alpha value is -4.22. The number of hydrogen-bond donors (Lipinski definition) is 1. The maximum Gasteiger partial charge on any atom is 0.144 e. The molecule has 5 aromatic rings. The SMILES string of the molecule is CN(C)c1cccc2ccc(C(O)(c3ccccc3)c3ccc4cccc(N(C)C)c4c3N(C)C)c(N(C)C)c12. The van der Waals surface area contributed by atoms with Crippen molar-refractivity contribution >= 4 is 44.3 Å². The van der Waals surface area contributed by atoms with Crippen LogP contribution >= 0.6 is 0 Å². The van der Waals surface area contributed by atoms with Crippen molar-refractivity contribution in [3.05, 3.63) is 108 Å². The largest absolute Gasteiger partial charge is 0.377 e. The molecule has 0 saturated carbocycles. The van der Waals surface area contributed by atoms with E-state index in [1.807, 2.05) is 30.3 Å². The Balaban J connectivity index is 2.00. The van der Waals surface area contributed by atoms with Crippen molar-refractivity contribution in [3.63, 3.8) is 0 Å². The van der Waals surface area contributed by atoms with Crippen molar-refractivity contribution in [3.8, 4) is 0 Å². The molecular formula is C35H40N4O. The van der Waals surface area contributed by atoms with Crippen LogP contribution in [0.15, 0.2) is 91.0 Å². The van der Waals surface area contributed by atoms with E-state index >= 15 is 0 Å². The minimum atomic E-state index is -1.44. The second-order valence-electron chi connectivity index (χ2n) is 11.3. The molecule has 5 rings (SSSR count). The zero-order valence-corrected chi connectivity index (χ0v) is 24.9. The van der Waals surface area contributed by atoms with Crippen LogP contribution in [0.4, 0.5) is 22.7 Å². The van der Waals surface area contributed by atoms with Crippen LogP contribution in [0.2, 0.25) is 0 Å². The molecule has 0 aliphatic rings. The third-order valence-corrected chi connectivity index (χ3v) is 7.82. The molecule has 0 aromatic heterocycles. The lowest BCUT2D eigenvalue weighted by Crippen LogP contribution is -2.33. The molecule has 0 unspecified atom stereocenters. The standard InChI is InChI=1S/C35H40N4O/c1-36(2)29-18-12-14-24-20-22-27(33(31(24)29)38(5)6)35(40,26-16-10-9-11-17-26)28-23-21-25-15-13-19-30(37(3)4)32(25)34(28)39(7)8/h9-23,40H,1-8H3. The van der Waals surface area contributed by atoms with Gasteiger partial charge in [-0.15, -0.1) is 0 Å². The van der Waals surface area contributed by atoms with Crippen molar-refractivity contribution < 1.29 is 5.11 Å². The quantitative estimate of drug-likeness (QED) is 0.241. The molecule has 206 valence electrons. The van der Waals surface area contributed by atoms with Crippen molar-refractivity contribution in [2.75, 3.05) is 76.0 Å². The lowest BCUT2D eigenvalue weighted by atomic mass is 9.76. The van der Waals surface area contributed by atoms with E-state index in [0.717, 1.165) is 61.0 Å². The van der Waals surface area contributed by atoms with E-state index in [4.69, 9.17) is 0 Å². The van der Waals surface area contributed by atoms with Gasteiger partial charge in [0.1, 0.15) is 5.60 Å². The third-order valence-electron chi connectivity index (χ3n) is 7.82. The number of fused-ring (bicyclic) bond motifs is 2. The summed E-state index contributed by atoms with van der Waals surface area (Å²) in [5.41, 5.74) is 5.29. The predicted octanol–water partition coefficient (Wildman–Crippen LogP) is 6.54. The van der Waals surface area contributed by atoms with E-state index in [1.54, 1.807) is 0 Å². The fraction of sp³-hybridized carbons (Fsp3) is 0.257. The highest BCUT2D eigenvalue weighted by molar-refractivity contribution is 6.07. The molecule has 5 nitrogen and oxygen atoms in total. The monoisotopic (exact) mass is 532 g/mol. The summed E-state index contributed by atoms with van der Waals surface area (Å²) in [5, 5.41) is 17.9. The lowest BCUT2D eigenvalue weighted by molar-refractivity contribution is 0.127. The Morgan fingerprint density at radius 3 is 1.25 bits per heavy atom. The Kier molecular flexibility index (Phi) is 7.11. The molecule has 5 aromatic carbocycles. The zero-order valence-electron chi connectivity index (χ0n) is 24.9. The van der Waals surface area contributed by atoms with Crippen LogP contribution < -0.4 is 19.6 Å². The molecule has 0 aliphatic heterocycles. The van der Waals surface area contributed by atoms with Crippen LogP contribution in [-0.4, -0.2) is 61.5 Å². The summed E-state index contributed by atoms with van der Waals surface area (Å²) in [6, 6.07) is 31.3. The zero-order chi connectivity index (χ0) is 28.8. The Morgan fingerprint density at radius 2 is 0.875 bits per heavy atom. The topological polar surface area (TPSA) is 33.2 Å². The maximum absolute atomic E-state index is 13.4. The average Bonchev–Trinajstić information content (AvgIpc) is 2.94. The summed E-state index contributed by atoms with van der Waals surface area (Å²) in [6.07, 6.45) is 0. The molecule has 40 heavy (non-hydrogen) atoms. The van der Waals surface area contributed by atoms with Gasteiger partial charge in [0.05, 0.1) is 11.4 Å². The number of nitrogens with zero attached hydrogens (tertiary/aromatic N) is 4. The first-order chi connectivity index (χ1) is 19.1. The number of rotatable bonds is 7. The minimum Gasteiger partial charge on any atom is -0.377 e. The number of hydrogen-bond acceptors (Lipinski definition) is 5. The van der Waals surface area contributed by atoms with Gasteiger partial charge >= 0.3 is 0 Å². The summed E-state index contributed by atoms with van der Waals surface area (Å²) in [5.74, 6) is 0. The molecule has 0 bridgehead atoms. The third kappa shape index (κ3) is 4.31. The molecule has 0 saturated heterocycles. The van der Waals surface area contributed by atoms with Gasteiger partial charge in [-0.2, -0.15) is 0 Å². The summed E-state index contributed by atoms with van der Waals surface area (Å²) in [6.45, 7) is 0. The van der Waals surface area contributed by atoms with Crippen LogP contribution in [0.3, 0.4) is 0 Å². The minimum absolute atomic E-state index is 0.824. The molecule has 0 spiro atoms. The van der Waals surface area contributed by atoms with Gasteiger partial charge in [-0.25, -0.2) is 0 Å². The molecular weight excluding hydrogens is 492 g/mol. The van der Waals surface area contributed by atoms with E-state index in [1.165, 1.54) is 0 Å². The van der Waals surface area contributed by atoms with Gasteiger partial charge in [-0.3, -0.25) is 0 Å². The average molecular weight is 533 g/mol. The highest BCUT2D eigenvalue weighted by Gasteiger charge is 2.40. The van der Waals surface area contributed by atoms with Crippen molar-refractivity contribution in [2.24, 2.45) is 0 Å². The van der Waals surface area contributed by atoms with Crippen molar-refractivity contribution in [1.29, 1.82) is 0 Å². The molecule has 0 heterocycles. The maximum atomic E-state index is 13.4. The normalized spacial score (nSPS) is 11.6. The summed E-state index contributed by atoms with van der Waals surface area (Å²) < 4.78 is 0. The molecule has 0 aliphatic carbocycles. The molecule has 5 heteroatoms. The summed E-state index contributed by atoms with van der Waals surface area (Å²) in [7, 11) is 16.5. The molecule has 1 N–H and O–H groups in total. The highest BCUT2D eigenvalue weighted by atomic mass is 16.3. The van der Waals surface area contributed by atoms with Gasteiger partial charge in [0.2, 0.25) is 0 Å². The van der Waals surface area contributed by atoms with Gasteiger partial charge in [-0.1, -0.05) is 78.9 Å². The Bertz CT molecular complexity index is 1570. The fourth-order valence-electron chi connectivity index (χ4n) is 6.08. The smallest absolute Gasteiger partial charge is 0.144 e. The molecule has 0 amide bonds. The molecule has 0 fully saturated rings. The Labute approximate surface area is 238 Å². The molecule has 0 atom stereocenters. The van der Waals surface area contributed by atoms with E-state index in [0.29, 0.717) is 0 Å². The summed E-state index contributed by atoms with van der Waals surface area (Å²) in [4.78, 5) is 8.57. The first-order valence-corrected chi connectivity index (χ1v) is 13.7. The van der Waals surface area contributed by atoms with Gasteiger partial charge in [0.15, 0.2) is 0 Å². The van der Waals surface area contributed by atoms with Crippen molar-refractivity contribution in [2.45, 2.75) is 5.60 Å². The van der Waals surface area contributed by atoms with E-state index in [-0.39, 0.29) is 0 Å². The first kappa shape index (κ1) is 27.4. The lowest BCUT2D eigenvalue weighted by Gasteiger charge is -2.37. The van der Waals surface area contributed by atoms with E-state index in [9.17, 15) is 5.11 Å². The highest BCUT2D eigenvalue weighted by Crippen LogP contribution is 2.50. The first-order valence-electron chi connectivity index (χ1n) is 13.7. The van der Waals surface area contributed by atoms with E-state index < -0.39 is 5.60 Å². The predicted molar refractivity (Wildman–Crippen MR) is 174 cm³/mol. The van der Waals surface area contributed by atoms with Crippen LogP contribution in [0.5, 0.6) is 0 Å². The number of anilines is 4. The Morgan fingerprint density at radius 1 is 0.450 bits per heavy atom. The van der Waals surface area contributed by atoms with Gasteiger partial charge in [-0.05, 0) is 28.5 Å².